The van der Waals surface area contributed by atoms with Crippen LogP contribution in [0.1, 0.15) is 32.1 Å². The number of fused-ring (bicyclic) bond motifs is 1. The highest BCUT2D eigenvalue weighted by Gasteiger charge is 2.25. The number of Topliss-reactive ketones (excluding diaryl/α,β-unsaturated/α-hetero) is 1. The normalized spacial score (nSPS) is 21.9. The molecule has 1 aromatic carbocycles. The van der Waals surface area contributed by atoms with Crippen LogP contribution in [0, 0.1) is 5.92 Å². The topological polar surface area (TPSA) is 72.2 Å². The molecule has 1 N–H and O–H groups in total. The molecule has 0 bridgehead atoms. The molecule has 2 atom stereocenters. The quantitative estimate of drug-likeness (QED) is 0.936. The number of carbonyl (C=O) groups is 1. The number of carbonyl (C=O) groups excluding carboxylic acids is 1. The van der Waals surface area contributed by atoms with Crippen molar-refractivity contribution in [2.24, 2.45) is 5.92 Å². The number of para-hydroxylation sites is 1. The highest BCUT2D eigenvalue weighted by atomic mass is 16.3. The molecule has 1 aromatic heterocycles. The van der Waals surface area contributed by atoms with Crippen molar-refractivity contribution in [2.75, 3.05) is 0 Å². The smallest absolute Gasteiger partial charge is 0.261 e. The molecule has 1 aliphatic carbocycles. The molecule has 1 heterocycles. The maximum Gasteiger partial charge on any atom is 0.261 e. The minimum Gasteiger partial charge on any atom is -0.393 e. The van der Waals surface area contributed by atoms with E-state index in [2.05, 4.69) is 4.98 Å². The van der Waals surface area contributed by atoms with Gasteiger partial charge in [-0.15, -0.1) is 0 Å². The summed E-state index contributed by atoms with van der Waals surface area (Å²) in [5.74, 6) is 0.00972. The van der Waals surface area contributed by atoms with E-state index < -0.39 is 0 Å². The third kappa shape index (κ3) is 3.09. The van der Waals surface area contributed by atoms with E-state index in [-0.39, 0.29) is 29.9 Å². The minimum atomic E-state index is -0.385. The molecule has 0 spiro atoms. The summed E-state index contributed by atoms with van der Waals surface area (Å²) in [7, 11) is 0. The molecule has 0 saturated heterocycles. The predicted octanol–water partition coefficient (Wildman–Crippen LogP) is 1.91. The fourth-order valence-corrected chi connectivity index (χ4v) is 3.19. The zero-order valence-electron chi connectivity index (χ0n) is 12.4. The maximum atomic E-state index is 12.3. The summed E-state index contributed by atoms with van der Waals surface area (Å²) >= 11 is 0. The third-order valence-electron chi connectivity index (χ3n) is 4.44. The van der Waals surface area contributed by atoms with Crippen molar-refractivity contribution in [3.63, 3.8) is 0 Å². The first-order chi connectivity index (χ1) is 10.6. The fraction of sp³-hybridized carbons (Fsp3) is 0.471. The van der Waals surface area contributed by atoms with Gasteiger partial charge in [0.25, 0.3) is 5.56 Å². The Hall–Kier alpha value is -2.01. The van der Waals surface area contributed by atoms with Gasteiger partial charge in [-0.2, -0.15) is 0 Å². The molecule has 0 aliphatic heterocycles. The van der Waals surface area contributed by atoms with Crippen LogP contribution in [0.4, 0.5) is 0 Å². The number of aliphatic hydroxyl groups excluding tert-OH is 1. The number of rotatable bonds is 4. The second kappa shape index (κ2) is 6.40. The molecule has 116 valence electrons. The molecule has 2 aromatic rings. The van der Waals surface area contributed by atoms with Crippen LogP contribution in [0.3, 0.4) is 0 Å². The van der Waals surface area contributed by atoms with E-state index in [0.29, 0.717) is 17.3 Å². The van der Waals surface area contributed by atoms with E-state index in [9.17, 15) is 14.7 Å². The average Bonchev–Trinajstić information content (AvgIpc) is 2.53. The van der Waals surface area contributed by atoms with E-state index in [4.69, 9.17) is 0 Å². The summed E-state index contributed by atoms with van der Waals surface area (Å²) in [6, 6.07) is 7.11. The van der Waals surface area contributed by atoms with Crippen LogP contribution in [0.2, 0.25) is 0 Å². The molecule has 1 saturated carbocycles. The Morgan fingerprint density at radius 2 is 2.05 bits per heavy atom. The van der Waals surface area contributed by atoms with Gasteiger partial charge in [-0.3, -0.25) is 14.2 Å². The highest BCUT2D eigenvalue weighted by Crippen LogP contribution is 2.27. The average molecular weight is 300 g/mol. The van der Waals surface area contributed by atoms with Crippen LogP contribution >= 0.6 is 0 Å². The van der Waals surface area contributed by atoms with Gasteiger partial charge in [0.05, 0.1) is 29.9 Å². The Morgan fingerprint density at radius 1 is 1.27 bits per heavy atom. The Balaban J connectivity index is 1.74. The molecule has 1 aliphatic rings. The zero-order valence-corrected chi connectivity index (χ0v) is 12.4. The lowest BCUT2D eigenvalue weighted by Crippen LogP contribution is -2.30. The van der Waals surface area contributed by atoms with E-state index in [1.165, 1.54) is 10.9 Å². The van der Waals surface area contributed by atoms with Crippen LogP contribution in [-0.2, 0) is 11.3 Å². The van der Waals surface area contributed by atoms with Gasteiger partial charge in [0.1, 0.15) is 0 Å². The number of hydrogen-bond donors (Lipinski definition) is 1. The second-order valence-electron chi connectivity index (χ2n) is 6.05. The van der Waals surface area contributed by atoms with Crippen molar-refractivity contribution < 1.29 is 9.90 Å². The number of aliphatic hydroxyl groups is 1. The first kappa shape index (κ1) is 14.9. The monoisotopic (exact) mass is 300 g/mol. The zero-order chi connectivity index (χ0) is 15.5. The predicted molar refractivity (Wildman–Crippen MR) is 83.6 cm³/mol. The Labute approximate surface area is 128 Å². The minimum absolute atomic E-state index is 0.0230. The van der Waals surface area contributed by atoms with Crippen molar-refractivity contribution >= 4 is 16.7 Å². The third-order valence-corrected chi connectivity index (χ3v) is 4.44. The first-order valence-corrected chi connectivity index (χ1v) is 7.79. The Bertz CT molecular complexity index is 738. The molecular formula is C17H20N2O3. The van der Waals surface area contributed by atoms with Gasteiger partial charge < -0.3 is 5.11 Å². The van der Waals surface area contributed by atoms with Crippen molar-refractivity contribution in [1.82, 2.24) is 9.55 Å². The van der Waals surface area contributed by atoms with E-state index in [1.54, 1.807) is 18.2 Å². The van der Waals surface area contributed by atoms with Gasteiger partial charge in [0.15, 0.2) is 5.78 Å². The molecule has 3 rings (SSSR count). The fourth-order valence-electron chi connectivity index (χ4n) is 3.19. The molecule has 0 amide bonds. The standard InChI is InChI=1S/C17H20N2O3/c20-13(9-12-5-1-4-8-16(12)21)10-19-11-18-15-7-3-2-6-14(15)17(19)22/h2-3,6-7,11-12,16,21H,1,4-5,8-10H2/t12-,16+/m1/s1. The summed E-state index contributed by atoms with van der Waals surface area (Å²) < 4.78 is 1.36. The summed E-state index contributed by atoms with van der Waals surface area (Å²) in [6.45, 7) is 0.0277. The summed E-state index contributed by atoms with van der Waals surface area (Å²) in [4.78, 5) is 28.8. The molecule has 5 heteroatoms. The molecule has 0 unspecified atom stereocenters. The van der Waals surface area contributed by atoms with E-state index >= 15 is 0 Å². The molecule has 22 heavy (non-hydrogen) atoms. The van der Waals surface area contributed by atoms with Crippen LogP contribution in [0.5, 0.6) is 0 Å². The molecular weight excluding hydrogens is 280 g/mol. The number of hydrogen-bond acceptors (Lipinski definition) is 4. The Morgan fingerprint density at radius 3 is 2.86 bits per heavy atom. The summed E-state index contributed by atoms with van der Waals surface area (Å²) in [5.41, 5.74) is 0.446. The molecule has 1 fully saturated rings. The molecule has 0 radical (unpaired) electrons. The summed E-state index contributed by atoms with van der Waals surface area (Å²) in [5, 5.41) is 10.5. The van der Waals surface area contributed by atoms with E-state index in [0.717, 1.165) is 25.7 Å². The van der Waals surface area contributed by atoms with E-state index in [1.807, 2.05) is 6.07 Å². The number of aromatic nitrogens is 2. The van der Waals surface area contributed by atoms with Gasteiger partial charge in [-0.25, -0.2) is 4.98 Å². The summed E-state index contributed by atoms with van der Waals surface area (Å²) in [6.07, 6.45) is 5.13. The number of benzene rings is 1. The molecule has 5 nitrogen and oxygen atoms in total. The Kier molecular flexibility index (Phi) is 4.34. The van der Waals surface area contributed by atoms with Crippen LogP contribution in [0.25, 0.3) is 10.9 Å². The van der Waals surface area contributed by atoms with Crippen molar-refractivity contribution in [2.45, 2.75) is 44.8 Å². The van der Waals surface area contributed by atoms with Gasteiger partial charge in [-0.05, 0) is 30.9 Å². The van der Waals surface area contributed by atoms with Crippen LogP contribution in [-0.4, -0.2) is 26.5 Å². The van der Waals surface area contributed by atoms with Crippen molar-refractivity contribution in [3.8, 4) is 0 Å². The number of nitrogens with zero attached hydrogens (tertiary/aromatic N) is 2. The lowest BCUT2D eigenvalue weighted by Gasteiger charge is -2.26. The second-order valence-corrected chi connectivity index (χ2v) is 6.05. The van der Waals surface area contributed by atoms with Crippen LogP contribution in [0.15, 0.2) is 35.4 Å². The van der Waals surface area contributed by atoms with Gasteiger partial charge in [0.2, 0.25) is 0 Å². The van der Waals surface area contributed by atoms with Crippen LogP contribution < -0.4 is 5.56 Å². The first-order valence-electron chi connectivity index (χ1n) is 7.79. The lowest BCUT2D eigenvalue weighted by molar-refractivity contribution is -0.122. The van der Waals surface area contributed by atoms with Gasteiger partial charge in [0, 0.05) is 6.42 Å². The maximum absolute atomic E-state index is 12.3. The van der Waals surface area contributed by atoms with Gasteiger partial charge in [-0.1, -0.05) is 25.0 Å². The highest BCUT2D eigenvalue weighted by molar-refractivity contribution is 5.80. The van der Waals surface area contributed by atoms with Crippen molar-refractivity contribution in [3.05, 3.63) is 40.9 Å². The SMILES string of the molecule is O=C(C[C@H]1CCCC[C@@H]1O)Cn1cnc2ccccc2c1=O. The van der Waals surface area contributed by atoms with Crippen molar-refractivity contribution in [1.29, 1.82) is 0 Å². The number of ketones is 1. The lowest BCUT2D eigenvalue weighted by atomic mass is 9.83. The van der Waals surface area contributed by atoms with Gasteiger partial charge >= 0.3 is 0 Å². The largest absolute Gasteiger partial charge is 0.393 e.